The number of fused-ring (bicyclic) bond motifs is 3. The van der Waals surface area contributed by atoms with Crippen LogP contribution in [0.2, 0.25) is 0 Å². The van der Waals surface area contributed by atoms with Crippen molar-refractivity contribution in [3.63, 3.8) is 0 Å². The molecule has 2 atom stereocenters. The Hall–Kier alpha value is -4.03. The molecule has 0 saturated carbocycles. The number of nitrogens with zero attached hydrogens (tertiary/aromatic N) is 5. The van der Waals surface area contributed by atoms with Crippen LogP contribution in [0.4, 0.5) is 14.6 Å². The number of alkyl halides is 1. The predicted octanol–water partition coefficient (Wildman–Crippen LogP) is 5.86. The Morgan fingerprint density at radius 2 is 2.05 bits per heavy atom. The normalized spacial score (nSPS) is 20.9. The third-order valence-corrected chi connectivity index (χ3v) is 8.56. The van der Waals surface area contributed by atoms with Crippen molar-refractivity contribution in [2.45, 2.75) is 57.3 Å². The molecular weight excluding hydrogens is 524 g/mol. The quantitative estimate of drug-likeness (QED) is 0.308. The van der Waals surface area contributed by atoms with E-state index in [0.717, 1.165) is 19.4 Å². The third kappa shape index (κ3) is 4.70. The van der Waals surface area contributed by atoms with Crippen LogP contribution in [-0.2, 0) is 0 Å². The number of halogens is 2. The van der Waals surface area contributed by atoms with E-state index in [1.54, 1.807) is 24.4 Å². The Kier molecular flexibility index (Phi) is 6.50. The lowest BCUT2D eigenvalue weighted by atomic mass is 9.95. The highest BCUT2D eigenvalue weighted by molar-refractivity contribution is 6.03. The van der Waals surface area contributed by atoms with Gasteiger partial charge in [0.25, 0.3) is 0 Å². The van der Waals surface area contributed by atoms with E-state index in [0.29, 0.717) is 58.3 Å². The zero-order valence-electron chi connectivity index (χ0n) is 23.7. The van der Waals surface area contributed by atoms with Crippen LogP contribution in [0.5, 0.6) is 11.8 Å². The van der Waals surface area contributed by atoms with Crippen molar-refractivity contribution in [2.24, 2.45) is 0 Å². The summed E-state index contributed by atoms with van der Waals surface area (Å²) < 4.78 is 35.2. The molecule has 212 valence electrons. The van der Waals surface area contributed by atoms with Crippen LogP contribution in [0.1, 0.15) is 45.6 Å². The molecule has 2 saturated heterocycles. The smallest absolute Gasteiger partial charge is 0.316 e. The number of pyridine rings is 1. The summed E-state index contributed by atoms with van der Waals surface area (Å²) in [5.41, 5.74) is 0.986. The lowest BCUT2D eigenvalue weighted by Crippen LogP contribution is -2.43. The van der Waals surface area contributed by atoms with Crippen LogP contribution in [0, 0.1) is 18.2 Å². The molecular formula is C32H33F2N5O2. The summed E-state index contributed by atoms with van der Waals surface area (Å²) >= 11 is 0. The van der Waals surface area contributed by atoms with Crippen molar-refractivity contribution >= 4 is 27.5 Å². The summed E-state index contributed by atoms with van der Waals surface area (Å²) in [5.74, 6) is 2.56. The van der Waals surface area contributed by atoms with Crippen molar-refractivity contribution in [1.29, 1.82) is 0 Å². The van der Waals surface area contributed by atoms with E-state index >= 15 is 0 Å². The van der Waals surface area contributed by atoms with Gasteiger partial charge in [0.05, 0.1) is 27.7 Å². The van der Waals surface area contributed by atoms with Gasteiger partial charge in [0, 0.05) is 42.7 Å². The molecule has 0 aliphatic carbocycles. The van der Waals surface area contributed by atoms with Crippen molar-refractivity contribution in [1.82, 2.24) is 19.9 Å². The van der Waals surface area contributed by atoms with Crippen LogP contribution in [0.3, 0.4) is 0 Å². The Morgan fingerprint density at radius 1 is 1.24 bits per heavy atom. The minimum absolute atomic E-state index is 0.00418. The highest BCUT2D eigenvalue weighted by Gasteiger charge is 2.49. The first-order chi connectivity index (χ1) is 19.5. The highest BCUT2D eigenvalue weighted by atomic mass is 19.1. The molecule has 4 aromatic rings. The summed E-state index contributed by atoms with van der Waals surface area (Å²) in [5, 5.41) is 12.4. The first-order valence-electron chi connectivity index (χ1n) is 13.8. The van der Waals surface area contributed by atoms with Crippen LogP contribution in [-0.4, -0.2) is 69.0 Å². The number of anilines is 1. The first-order valence-corrected chi connectivity index (χ1v) is 13.8. The van der Waals surface area contributed by atoms with Gasteiger partial charge >= 0.3 is 6.01 Å². The zero-order valence-corrected chi connectivity index (χ0v) is 23.7. The maximum absolute atomic E-state index is 14.8. The van der Waals surface area contributed by atoms with E-state index in [4.69, 9.17) is 21.1 Å². The van der Waals surface area contributed by atoms with Gasteiger partial charge in [0.2, 0.25) is 0 Å². The lowest BCUT2D eigenvalue weighted by molar-refractivity contribution is 0.107. The number of hydrogen-bond donors (Lipinski definition) is 1. The summed E-state index contributed by atoms with van der Waals surface area (Å²) in [6, 6.07) is 7.94. The van der Waals surface area contributed by atoms with E-state index < -0.39 is 12.0 Å². The van der Waals surface area contributed by atoms with Gasteiger partial charge in [0.1, 0.15) is 30.2 Å². The van der Waals surface area contributed by atoms with Gasteiger partial charge in [-0.2, -0.15) is 4.98 Å². The number of ether oxygens (including phenoxy) is 1. The van der Waals surface area contributed by atoms with E-state index in [9.17, 15) is 13.9 Å². The monoisotopic (exact) mass is 557 g/mol. The molecule has 2 aromatic carbocycles. The van der Waals surface area contributed by atoms with Gasteiger partial charge in [-0.25, -0.2) is 18.7 Å². The molecule has 0 spiro atoms. The van der Waals surface area contributed by atoms with Crippen LogP contribution >= 0.6 is 0 Å². The summed E-state index contributed by atoms with van der Waals surface area (Å²) in [7, 11) is 1.93. The Balaban J connectivity index is 1.50. The molecule has 9 heteroatoms. The first kappa shape index (κ1) is 27.2. The Morgan fingerprint density at radius 3 is 2.80 bits per heavy atom. The molecule has 0 radical (unpaired) electrons. The van der Waals surface area contributed by atoms with Crippen molar-refractivity contribution in [3.8, 4) is 35.4 Å². The predicted molar refractivity (Wildman–Crippen MR) is 157 cm³/mol. The fourth-order valence-corrected chi connectivity index (χ4v) is 6.19. The highest BCUT2D eigenvalue weighted by Crippen LogP contribution is 2.41. The minimum Gasteiger partial charge on any atom is -0.508 e. The average Bonchev–Trinajstić information content (AvgIpc) is 3.45. The zero-order chi connectivity index (χ0) is 29.1. The molecule has 4 heterocycles. The number of aromatic hydroxyl groups is 1. The second-order valence-corrected chi connectivity index (χ2v) is 12.2. The lowest BCUT2D eigenvalue weighted by Gasteiger charge is -2.34. The second-order valence-electron chi connectivity index (χ2n) is 12.2. The average molecular weight is 558 g/mol. The largest absolute Gasteiger partial charge is 0.508 e. The van der Waals surface area contributed by atoms with Gasteiger partial charge in [-0.05, 0) is 69.8 Å². The number of benzene rings is 2. The number of rotatable bonds is 5. The van der Waals surface area contributed by atoms with Crippen LogP contribution in [0.15, 0.2) is 36.5 Å². The van der Waals surface area contributed by atoms with Gasteiger partial charge in [-0.15, -0.1) is 6.42 Å². The number of hydrogen-bond acceptors (Lipinski definition) is 7. The van der Waals surface area contributed by atoms with E-state index in [1.807, 2.05) is 11.9 Å². The van der Waals surface area contributed by atoms with Gasteiger partial charge in [0.15, 0.2) is 0 Å². The van der Waals surface area contributed by atoms with Gasteiger partial charge in [-0.3, -0.25) is 4.90 Å². The standard InChI is InChI=1S/C32H33F2N5O2/c1-6-22-25(34)9-8-19-12-21(40)13-23(28(19)22)26-14-27-24(29(36-26)38(5)31(2,3)4)16-35-30(37-27)41-18-32-10-7-11-39(32)17-20(33)15-32/h1,8-9,12-14,16,20,40H,7,10-11,15,17-18H2,2-5H3/t20-,32+/m1/s1. The topological polar surface area (TPSA) is 74.6 Å². The van der Waals surface area contributed by atoms with Crippen LogP contribution < -0.4 is 9.64 Å². The van der Waals surface area contributed by atoms with Gasteiger partial charge in [-0.1, -0.05) is 12.0 Å². The third-order valence-electron chi connectivity index (χ3n) is 8.56. The maximum atomic E-state index is 14.8. The van der Waals surface area contributed by atoms with E-state index in [1.165, 1.54) is 12.1 Å². The molecule has 2 aliphatic heterocycles. The minimum atomic E-state index is -0.851. The second kappa shape index (κ2) is 9.81. The molecule has 0 bridgehead atoms. The van der Waals surface area contributed by atoms with E-state index in [-0.39, 0.29) is 28.4 Å². The fourth-order valence-electron chi connectivity index (χ4n) is 6.19. The number of phenolic OH excluding ortho intramolecular Hbond substituents is 1. The fraction of sp³-hybridized carbons (Fsp3) is 0.406. The molecule has 0 unspecified atom stereocenters. The molecule has 41 heavy (non-hydrogen) atoms. The van der Waals surface area contributed by atoms with Crippen molar-refractivity contribution in [3.05, 3.63) is 47.9 Å². The Labute approximate surface area is 238 Å². The SMILES string of the molecule is C#Cc1c(F)ccc2cc(O)cc(-c3cc4nc(OC[C@@]56CCCN5C[C@H](F)C6)ncc4c(N(C)C(C)(C)C)n3)c12. The molecule has 1 N–H and O–H groups in total. The maximum Gasteiger partial charge on any atom is 0.316 e. The Bertz CT molecular complexity index is 1710. The molecule has 7 nitrogen and oxygen atoms in total. The number of terminal acetylenes is 1. The van der Waals surface area contributed by atoms with E-state index in [2.05, 4.69) is 36.6 Å². The van der Waals surface area contributed by atoms with Crippen molar-refractivity contribution in [2.75, 3.05) is 31.6 Å². The number of phenols is 1. The summed E-state index contributed by atoms with van der Waals surface area (Å²) in [4.78, 5) is 18.4. The van der Waals surface area contributed by atoms with Crippen LogP contribution in [0.25, 0.3) is 32.9 Å². The molecule has 2 fully saturated rings. The van der Waals surface area contributed by atoms with Gasteiger partial charge < -0.3 is 14.7 Å². The molecule has 0 amide bonds. The molecule has 6 rings (SSSR count). The summed E-state index contributed by atoms with van der Waals surface area (Å²) in [6.07, 6.45) is 8.92. The van der Waals surface area contributed by atoms with Crippen molar-refractivity contribution < 1.29 is 18.6 Å². The molecule has 2 aromatic heterocycles. The number of aromatic nitrogens is 3. The molecule has 2 aliphatic rings. The summed E-state index contributed by atoms with van der Waals surface area (Å²) in [6.45, 7) is 7.82.